The topological polar surface area (TPSA) is 69.2 Å². The van der Waals surface area contributed by atoms with Gasteiger partial charge < -0.3 is 4.74 Å². The van der Waals surface area contributed by atoms with Gasteiger partial charge in [0.05, 0.1) is 12.7 Å². The van der Waals surface area contributed by atoms with Gasteiger partial charge in [0.25, 0.3) is 0 Å². The molecule has 6 heteroatoms. The Balaban J connectivity index is 0.00000139. The van der Waals surface area contributed by atoms with Gasteiger partial charge in [-0.05, 0) is 24.6 Å². The number of methoxy groups -OCH3 is 1. The lowest BCUT2D eigenvalue weighted by molar-refractivity contribution is 0.0594. The summed E-state index contributed by atoms with van der Waals surface area (Å²) in [6.07, 6.45) is 3.59. The molecule has 0 aromatic carbocycles. The van der Waals surface area contributed by atoms with Crippen LogP contribution < -0.4 is 0 Å². The lowest BCUT2D eigenvalue weighted by Gasteiger charge is -2.01. The molecule has 0 atom stereocenters. The number of aryl methyl sites for hydroxylation is 1. The predicted molar refractivity (Wildman–Crippen MR) is 92.3 cm³/mol. The van der Waals surface area contributed by atoms with Crippen molar-refractivity contribution in [1.29, 1.82) is 0 Å². The Bertz CT molecular complexity index is 808. The minimum Gasteiger partial charge on any atom is -0.464 e. The standard InChI is InChI=1S/C16H11ClN2O3.C2H6/c1-10-5-14(16(21)22-2)18-7-11(10)3-4-12-8-19-15(17)6-13(12)9-20;1-2/h5-9H,1-2H3;1-2H3. The summed E-state index contributed by atoms with van der Waals surface area (Å²) in [7, 11) is 1.29. The average Bonchev–Trinajstić information content (AvgIpc) is 2.62. The molecular formula is C18H17ClN2O3. The number of ether oxygens (including phenoxy) is 1. The van der Waals surface area contributed by atoms with Crippen LogP contribution in [-0.4, -0.2) is 29.3 Å². The Morgan fingerprint density at radius 1 is 1.17 bits per heavy atom. The van der Waals surface area contributed by atoms with Crippen LogP contribution in [0.2, 0.25) is 5.15 Å². The van der Waals surface area contributed by atoms with Gasteiger partial charge in [-0.2, -0.15) is 0 Å². The Kier molecular flexibility index (Phi) is 7.60. The monoisotopic (exact) mass is 344 g/mol. The van der Waals surface area contributed by atoms with Crippen LogP contribution in [0.25, 0.3) is 0 Å². The maximum absolute atomic E-state index is 11.4. The molecule has 0 saturated carbocycles. The Morgan fingerprint density at radius 3 is 2.38 bits per heavy atom. The van der Waals surface area contributed by atoms with Gasteiger partial charge >= 0.3 is 5.97 Å². The van der Waals surface area contributed by atoms with E-state index in [1.807, 2.05) is 13.8 Å². The maximum atomic E-state index is 11.4. The Labute approximate surface area is 146 Å². The summed E-state index contributed by atoms with van der Waals surface area (Å²) in [6, 6.07) is 3.04. The molecule has 5 nitrogen and oxygen atoms in total. The number of carbonyl (C=O) groups excluding carboxylic acids is 2. The quantitative estimate of drug-likeness (QED) is 0.361. The van der Waals surface area contributed by atoms with E-state index in [-0.39, 0.29) is 10.8 Å². The lowest BCUT2D eigenvalue weighted by Crippen LogP contribution is -2.05. The smallest absolute Gasteiger partial charge is 0.356 e. The number of carbonyl (C=O) groups is 2. The van der Waals surface area contributed by atoms with Gasteiger partial charge in [0.15, 0.2) is 6.29 Å². The highest BCUT2D eigenvalue weighted by molar-refractivity contribution is 6.29. The largest absolute Gasteiger partial charge is 0.464 e. The first-order chi connectivity index (χ1) is 11.5. The number of halogens is 1. The van der Waals surface area contributed by atoms with Crippen molar-refractivity contribution in [2.45, 2.75) is 20.8 Å². The van der Waals surface area contributed by atoms with Crippen LogP contribution in [0.3, 0.4) is 0 Å². The number of pyridine rings is 2. The maximum Gasteiger partial charge on any atom is 0.356 e. The van der Waals surface area contributed by atoms with Gasteiger partial charge in [0.2, 0.25) is 0 Å². The molecule has 124 valence electrons. The molecular weight excluding hydrogens is 328 g/mol. The predicted octanol–water partition coefficient (Wildman–Crippen LogP) is 3.46. The molecule has 0 aliphatic rings. The summed E-state index contributed by atoms with van der Waals surface area (Å²) in [5.74, 6) is 5.25. The zero-order valence-electron chi connectivity index (χ0n) is 13.9. The normalized spacial score (nSPS) is 9.04. The van der Waals surface area contributed by atoms with Crippen LogP contribution in [0, 0.1) is 18.8 Å². The number of nitrogens with zero attached hydrogens (tertiary/aromatic N) is 2. The molecule has 0 unspecified atom stereocenters. The highest BCUT2D eigenvalue weighted by Crippen LogP contribution is 2.12. The summed E-state index contributed by atoms with van der Waals surface area (Å²) in [4.78, 5) is 30.3. The average molecular weight is 345 g/mol. The third kappa shape index (κ3) is 4.90. The van der Waals surface area contributed by atoms with Crippen LogP contribution in [-0.2, 0) is 4.74 Å². The van der Waals surface area contributed by atoms with Gasteiger partial charge in [-0.25, -0.2) is 14.8 Å². The molecule has 0 amide bonds. The minimum absolute atomic E-state index is 0.215. The van der Waals surface area contributed by atoms with Crippen LogP contribution >= 0.6 is 11.6 Å². The van der Waals surface area contributed by atoms with Crippen LogP contribution in [0.5, 0.6) is 0 Å². The SMILES string of the molecule is CC.COC(=O)c1cc(C)c(C#Cc2cnc(Cl)cc2C=O)cn1. The summed E-state index contributed by atoms with van der Waals surface area (Å²) in [5, 5.41) is 0.230. The van der Waals surface area contributed by atoms with Gasteiger partial charge in [0, 0.05) is 23.5 Å². The highest BCUT2D eigenvalue weighted by Gasteiger charge is 2.08. The van der Waals surface area contributed by atoms with E-state index >= 15 is 0 Å². The summed E-state index contributed by atoms with van der Waals surface area (Å²) < 4.78 is 4.60. The van der Waals surface area contributed by atoms with Crippen molar-refractivity contribution in [2.24, 2.45) is 0 Å². The Hall–Kier alpha value is -2.71. The summed E-state index contributed by atoms with van der Waals surface area (Å²) in [6.45, 7) is 5.80. The first kappa shape index (κ1) is 19.3. The zero-order chi connectivity index (χ0) is 18.1. The summed E-state index contributed by atoms with van der Waals surface area (Å²) >= 11 is 5.73. The number of hydrogen-bond donors (Lipinski definition) is 0. The lowest BCUT2D eigenvalue weighted by atomic mass is 10.1. The Morgan fingerprint density at radius 2 is 1.79 bits per heavy atom. The molecule has 0 N–H and O–H groups in total. The van der Waals surface area contributed by atoms with E-state index in [0.717, 1.165) is 5.56 Å². The second-order valence-corrected chi connectivity index (χ2v) is 4.73. The van der Waals surface area contributed by atoms with Crippen molar-refractivity contribution in [1.82, 2.24) is 9.97 Å². The van der Waals surface area contributed by atoms with Crippen molar-refractivity contribution in [2.75, 3.05) is 7.11 Å². The summed E-state index contributed by atoms with van der Waals surface area (Å²) in [5.41, 5.74) is 2.46. The molecule has 0 radical (unpaired) electrons. The van der Waals surface area contributed by atoms with Crippen molar-refractivity contribution in [3.05, 3.63) is 57.6 Å². The molecule has 2 rings (SSSR count). The van der Waals surface area contributed by atoms with Gasteiger partial charge in [0.1, 0.15) is 10.8 Å². The van der Waals surface area contributed by atoms with Gasteiger partial charge in [-0.1, -0.05) is 37.3 Å². The fraction of sp³-hybridized carbons (Fsp3) is 0.222. The van der Waals surface area contributed by atoms with Gasteiger partial charge in [-0.15, -0.1) is 0 Å². The second kappa shape index (κ2) is 9.43. The second-order valence-electron chi connectivity index (χ2n) is 4.34. The number of hydrogen-bond acceptors (Lipinski definition) is 5. The highest BCUT2D eigenvalue weighted by atomic mass is 35.5. The van der Waals surface area contributed by atoms with Crippen LogP contribution in [0.1, 0.15) is 51.4 Å². The van der Waals surface area contributed by atoms with E-state index < -0.39 is 5.97 Å². The molecule has 2 aromatic heterocycles. The van der Waals surface area contributed by atoms with E-state index in [1.54, 1.807) is 13.0 Å². The third-order valence-electron chi connectivity index (χ3n) is 2.87. The molecule has 0 aliphatic carbocycles. The molecule has 24 heavy (non-hydrogen) atoms. The van der Waals surface area contributed by atoms with E-state index in [4.69, 9.17) is 11.6 Å². The number of esters is 1. The van der Waals surface area contributed by atoms with E-state index in [2.05, 4.69) is 26.5 Å². The van der Waals surface area contributed by atoms with Gasteiger partial charge in [-0.3, -0.25) is 4.79 Å². The number of aromatic nitrogens is 2. The molecule has 0 saturated heterocycles. The number of aldehydes is 1. The molecule has 0 bridgehead atoms. The van der Waals surface area contributed by atoms with Crippen LogP contribution in [0.4, 0.5) is 0 Å². The fourth-order valence-corrected chi connectivity index (χ4v) is 1.85. The first-order valence-electron chi connectivity index (χ1n) is 7.23. The molecule has 0 spiro atoms. The van der Waals surface area contributed by atoms with Crippen molar-refractivity contribution < 1.29 is 14.3 Å². The fourth-order valence-electron chi connectivity index (χ4n) is 1.68. The minimum atomic E-state index is -0.507. The molecule has 2 heterocycles. The van der Waals surface area contributed by atoms with Crippen molar-refractivity contribution >= 4 is 23.9 Å². The third-order valence-corrected chi connectivity index (χ3v) is 3.07. The van der Waals surface area contributed by atoms with Crippen LogP contribution in [0.15, 0.2) is 24.5 Å². The van der Waals surface area contributed by atoms with Crippen molar-refractivity contribution in [3.63, 3.8) is 0 Å². The first-order valence-corrected chi connectivity index (χ1v) is 7.60. The molecule has 0 fully saturated rings. The van der Waals surface area contributed by atoms with E-state index in [0.29, 0.717) is 23.0 Å². The zero-order valence-corrected chi connectivity index (χ0v) is 14.6. The number of rotatable bonds is 2. The van der Waals surface area contributed by atoms with Crippen molar-refractivity contribution in [3.8, 4) is 11.8 Å². The molecule has 0 aliphatic heterocycles. The van der Waals surface area contributed by atoms with E-state index in [1.165, 1.54) is 25.6 Å². The molecule has 2 aromatic rings. The van der Waals surface area contributed by atoms with E-state index in [9.17, 15) is 9.59 Å².